The minimum Gasteiger partial charge on any atom is -0.385 e. The first-order valence-electron chi connectivity index (χ1n) is 9.98. The molecule has 0 heterocycles. The smallest absolute Gasteiger partial charge is 0.123 e. The van der Waals surface area contributed by atoms with Crippen molar-refractivity contribution in [3.05, 3.63) is 59.9 Å². The molecule has 1 N–H and O–H groups in total. The topological polar surface area (TPSA) is 23.5 Å². The molecule has 2 aromatic carbocycles. The monoisotopic (exact) mass is 371 g/mol. The van der Waals surface area contributed by atoms with E-state index in [2.05, 4.69) is 32.6 Å². The van der Waals surface area contributed by atoms with Gasteiger partial charge in [0.15, 0.2) is 0 Å². The van der Waals surface area contributed by atoms with E-state index >= 15 is 0 Å². The Balaban J connectivity index is 2.05. The number of aliphatic hydroxyl groups is 1. The molecule has 27 heavy (non-hydrogen) atoms. The van der Waals surface area contributed by atoms with Crippen LogP contribution in [0.4, 0.5) is 4.39 Å². The Morgan fingerprint density at radius 2 is 1.30 bits per heavy atom. The zero-order chi connectivity index (χ0) is 20.0. The molecule has 0 aliphatic heterocycles. The Morgan fingerprint density at radius 3 is 1.74 bits per heavy atom. The van der Waals surface area contributed by atoms with Crippen LogP contribution in [0, 0.1) is 17.7 Å². The van der Waals surface area contributed by atoms with Crippen molar-refractivity contribution in [3.8, 4) is 11.1 Å². The number of hydrogen-bond acceptors (Lipinski definition) is 2. The van der Waals surface area contributed by atoms with Gasteiger partial charge in [-0.15, -0.1) is 0 Å². The van der Waals surface area contributed by atoms with E-state index in [1.165, 1.54) is 12.1 Å². The molecule has 1 atom stereocenters. The maximum atomic E-state index is 13.1. The summed E-state index contributed by atoms with van der Waals surface area (Å²) in [5, 5.41) is 11.0. The molecule has 148 valence electrons. The molecule has 2 nitrogen and oxygen atoms in total. The predicted octanol–water partition coefficient (Wildman–Crippen LogP) is 5.70. The molecule has 3 heteroatoms. The fourth-order valence-corrected chi connectivity index (χ4v) is 3.47. The molecule has 0 fully saturated rings. The summed E-state index contributed by atoms with van der Waals surface area (Å²) in [5.41, 5.74) is 2.05. The Hall–Kier alpha value is -1.71. The highest BCUT2D eigenvalue weighted by atomic mass is 19.1. The van der Waals surface area contributed by atoms with Crippen LogP contribution in [0.15, 0.2) is 48.5 Å². The zero-order valence-corrected chi connectivity index (χ0v) is 17.4. The third kappa shape index (κ3) is 6.75. The second-order valence-corrected chi connectivity index (χ2v) is 8.66. The van der Waals surface area contributed by atoms with Crippen LogP contribution >= 0.6 is 0 Å². The molecule has 0 aliphatic carbocycles. The van der Waals surface area contributed by atoms with E-state index in [1.54, 1.807) is 12.1 Å². The van der Waals surface area contributed by atoms with Crippen molar-refractivity contribution >= 4 is 0 Å². The van der Waals surface area contributed by atoms with E-state index in [-0.39, 0.29) is 5.82 Å². The summed E-state index contributed by atoms with van der Waals surface area (Å²) in [5.74, 6) is 0.998. The second kappa shape index (κ2) is 9.48. The summed E-state index contributed by atoms with van der Waals surface area (Å²) in [6.45, 7) is 13.8. The van der Waals surface area contributed by atoms with Crippen LogP contribution in [0.3, 0.4) is 0 Å². The first-order valence-corrected chi connectivity index (χ1v) is 9.98. The molecule has 1 unspecified atom stereocenters. The average molecular weight is 372 g/mol. The van der Waals surface area contributed by atoms with Gasteiger partial charge in [0.2, 0.25) is 0 Å². The summed E-state index contributed by atoms with van der Waals surface area (Å²) in [6.07, 6.45) is 0.697. The third-order valence-corrected chi connectivity index (χ3v) is 4.85. The van der Waals surface area contributed by atoms with E-state index in [9.17, 15) is 9.50 Å². The minimum atomic E-state index is -0.868. The summed E-state index contributed by atoms with van der Waals surface area (Å²) in [7, 11) is 0. The highest BCUT2D eigenvalue weighted by Gasteiger charge is 2.24. The number of halogens is 1. The lowest BCUT2D eigenvalue weighted by molar-refractivity contribution is 0.0331. The van der Waals surface area contributed by atoms with Gasteiger partial charge in [0, 0.05) is 19.6 Å². The molecule has 0 bridgehead atoms. The molecule has 0 spiro atoms. The Labute approximate surface area is 164 Å². The Bertz CT molecular complexity index is 679. The molecular weight excluding hydrogens is 337 g/mol. The van der Waals surface area contributed by atoms with Crippen LogP contribution in [0.2, 0.25) is 0 Å². The van der Waals surface area contributed by atoms with Gasteiger partial charge in [-0.05, 0) is 54.0 Å². The molecule has 0 aromatic heterocycles. The number of rotatable bonds is 9. The fourth-order valence-electron chi connectivity index (χ4n) is 3.47. The van der Waals surface area contributed by atoms with Gasteiger partial charge in [0.1, 0.15) is 5.82 Å². The first kappa shape index (κ1) is 21.6. The van der Waals surface area contributed by atoms with Crippen molar-refractivity contribution in [2.24, 2.45) is 11.8 Å². The quantitative estimate of drug-likeness (QED) is 0.611. The third-order valence-electron chi connectivity index (χ3n) is 4.85. The Kier molecular flexibility index (Phi) is 7.58. The lowest BCUT2D eigenvalue weighted by Gasteiger charge is -2.31. The highest BCUT2D eigenvalue weighted by Crippen LogP contribution is 2.28. The van der Waals surface area contributed by atoms with E-state index in [4.69, 9.17) is 0 Å². The van der Waals surface area contributed by atoms with Crippen LogP contribution < -0.4 is 0 Å². The standard InChI is InChI=1S/C24H34FNO/c1-18(2)16-26(17-19(3)4)15-14-24(5,27)22-10-6-20(7-11-22)21-8-12-23(25)13-9-21/h6-13,18-19,27H,14-17H2,1-5H3. The number of hydrogen-bond donors (Lipinski definition) is 1. The number of benzene rings is 2. The van der Waals surface area contributed by atoms with Gasteiger partial charge >= 0.3 is 0 Å². The van der Waals surface area contributed by atoms with Crippen LogP contribution in [0.1, 0.15) is 46.6 Å². The molecular formula is C24H34FNO. The van der Waals surface area contributed by atoms with Gasteiger partial charge in [0.05, 0.1) is 5.60 Å². The van der Waals surface area contributed by atoms with Crippen molar-refractivity contribution in [2.45, 2.75) is 46.6 Å². The van der Waals surface area contributed by atoms with E-state index in [0.29, 0.717) is 18.3 Å². The summed E-state index contributed by atoms with van der Waals surface area (Å²) < 4.78 is 13.1. The Morgan fingerprint density at radius 1 is 0.852 bits per heavy atom. The molecule has 0 aliphatic rings. The van der Waals surface area contributed by atoms with E-state index in [1.807, 2.05) is 31.2 Å². The van der Waals surface area contributed by atoms with E-state index in [0.717, 1.165) is 36.3 Å². The second-order valence-electron chi connectivity index (χ2n) is 8.66. The molecule has 0 radical (unpaired) electrons. The lowest BCUT2D eigenvalue weighted by atomic mass is 9.90. The van der Waals surface area contributed by atoms with E-state index < -0.39 is 5.60 Å². The van der Waals surface area contributed by atoms with Gasteiger partial charge in [0.25, 0.3) is 0 Å². The highest BCUT2D eigenvalue weighted by molar-refractivity contribution is 5.63. The SMILES string of the molecule is CC(C)CN(CCC(C)(O)c1ccc(-c2ccc(F)cc2)cc1)CC(C)C. The van der Waals surface area contributed by atoms with Crippen LogP contribution in [0.5, 0.6) is 0 Å². The maximum absolute atomic E-state index is 13.1. The van der Waals surface area contributed by atoms with Crippen molar-refractivity contribution in [1.82, 2.24) is 4.90 Å². The lowest BCUT2D eigenvalue weighted by Crippen LogP contribution is -2.36. The van der Waals surface area contributed by atoms with Crippen molar-refractivity contribution in [3.63, 3.8) is 0 Å². The maximum Gasteiger partial charge on any atom is 0.123 e. The van der Waals surface area contributed by atoms with Gasteiger partial charge in [-0.25, -0.2) is 4.39 Å². The largest absolute Gasteiger partial charge is 0.385 e. The van der Waals surface area contributed by atoms with Gasteiger partial charge in [-0.3, -0.25) is 0 Å². The summed E-state index contributed by atoms with van der Waals surface area (Å²) >= 11 is 0. The summed E-state index contributed by atoms with van der Waals surface area (Å²) in [6, 6.07) is 14.4. The number of nitrogens with zero attached hydrogens (tertiary/aromatic N) is 1. The average Bonchev–Trinajstić information content (AvgIpc) is 2.60. The molecule has 0 amide bonds. The van der Waals surface area contributed by atoms with Crippen molar-refractivity contribution < 1.29 is 9.50 Å². The van der Waals surface area contributed by atoms with Crippen molar-refractivity contribution in [2.75, 3.05) is 19.6 Å². The molecule has 2 aromatic rings. The van der Waals surface area contributed by atoms with Gasteiger partial charge < -0.3 is 10.0 Å². The van der Waals surface area contributed by atoms with Crippen LogP contribution in [-0.2, 0) is 5.60 Å². The molecule has 0 saturated carbocycles. The van der Waals surface area contributed by atoms with Gasteiger partial charge in [-0.2, -0.15) is 0 Å². The predicted molar refractivity (Wildman–Crippen MR) is 112 cm³/mol. The van der Waals surface area contributed by atoms with Crippen LogP contribution in [-0.4, -0.2) is 29.6 Å². The minimum absolute atomic E-state index is 0.231. The normalized spacial score (nSPS) is 14.1. The molecule has 0 saturated heterocycles. The fraction of sp³-hybridized carbons (Fsp3) is 0.500. The first-order chi connectivity index (χ1) is 12.7. The zero-order valence-electron chi connectivity index (χ0n) is 17.4. The van der Waals surface area contributed by atoms with Crippen LogP contribution in [0.25, 0.3) is 11.1 Å². The van der Waals surface area contributed by atoms with Gasteiger partial charge in [-0.1, -0.05) is 64.1 Å². The molecule has 2 rings (SSSR count). The van der Waals surface area contributed by atoms with Crippen molar-refractivity contribution in [1.29, 1.82) is 0 Å². The summed E-state index contributed by atoms with van der Waals surface area (Å²) in [4.78, 5) is 2.46.